The van der Waals surface area contributed by atoms with Crippen LogP contribution in [-0.4, -0.2) is 46.5 Å². The normalized spacial score (nSPS) is 14.6. The van der Waals surface area contributed by atoms with Gasteiger partial charge in [-0.3, -0.25) is 19.0 Å². The zero-order chi connectivity index (χ0) is 22.0. The van der Waals surface area contributed by atoms with Crippen molar-refractivity contribution in [3.63, 3.8) is 0 Å². The number of anilines is 2. The first kappa shape index (κ1) is 21.0. The molecule has 10 heteroatoms. The molecule has 9 nitrogen and oxygen atoms in total. The van der Waals surface area contributed by atoms with Gasteiger partial charge in [0, 0.05) is 31.7 Å². The number of aryl methyl sites for hydroxylation is 1. The fourth-order valence-electron chi connectivity index (χ4n) is 3.70. The second-order valence-electron chi connectivity index (χ2n) is 7.62. The van der Waals surface area contributed by atoms with Gasteiger partial charge in [0.15, 0.2) is 10.8 Å². The molecule has 0 unspecified atom stereocenters. The number of thiazole rings is 1. The van der Waals surface area contributed by atoms with E-state index in [1.54, 1.807) is 13.1 Å². The first-order valence-corrected chi connectivity index (χ1v) is 11.0. The third-order valence-corrected chi connectivity index (χ3v) is 6.46. The maximum absolute atomic E-state index is 12.9. The highest BCUT2D eigenvalue weighted by atomic mass is 32.1. The molecule has 2 N–H and O–H groups in total. The van der Waals surface area contributed by atoms with Gasteiger partial charge in [-0.1, -0.05) is 23.5 Å². The molecule has 1 fully saturated rings. The fraction of sp³-hybridized carbons (Fsp3) is 0.381. The molecule has 0 radical (unpaired) electrons. The number of hydrogen-bond donors (Lipinski definition) is 2. The smallest absolute Gasteiger partial charge is 0.273 e. The molecule has 0 aliphatic carbocycles. The van der Waals surface area contributed by atoms with Crippen LogP contribution in [0.3, 0.4) is 0 Å². The molecule has 2 aromatic heterocycles. The average Bonchev–Trinajstić information content (AvgIpc) is 3.20. The minimum absolute atomic E-state index is 0.0119. The standard InChI is InChI=1S/C21H24N6O3S/c1-13-4-3-5-15(10-13)24-16(28)11-27-12-23-18-17(20(27)30)31-21(25-18)26-8-6-14(7-9-26)19(29)22-2/h3-5,10,12,14H,6-9,11H2,1-2H3,(H,22,29)(H,24,28). The number of rotatable bonds is 5. The number of carbonyl (C=O) groups excluding carboxylic acids is 2. The molecule has 1 aromatic carbocycles. The van der Waals surface area contributed by atoms with Crippen molar-refractivity contribution in [1.29, 1.82) is 0 Å². The van der Waals surface area contributed by atoms with E-state index in [1.807, 2.05) is 25.1 Å². The topological polar surface area (TPSA) is 109 Å². The Bertz CT molecular complexity index is 1180. The molecule has 162 valence electrons. The summed E-state index contributed by atoms with van der Waals surface area (Å²) >= 11 is 1.28. The Morgan fingerprint density at radius 2 is 2.03 bits per heavy atom. The number of amides is 2. The summed E-state index contributed by atoms with van der Waals surface area (Å²) in [7, 11) is 1.65. The van der Waals surface area contributed by atoms with Gasteiger partial charge in [0.2, 0.25) is 11.8 Å². The molecule has 3 heterocycles. The van der Waals surface area contributed by atoms with Gasteiger partial charge in [-0.25, -0.2) is 4.98 Å². The molecule has 4 rings (SSSR count). The molecule has 31 heavy (non-hydrogen) atoms. The Balaban J connectivity index is 1.47. The van der Waals surface area contributed by atoms with E-state index < -0.39 is 0 Å². The van der Waals surface area contributed by atoms with Crippen molar-refractivity contribution in [2.24, 2.45) is 5.92 Å². The zero-order valence-corrected chi connectivity index (χ0v) is 18.2. The summed E-state index contributed by atoms with van der Waals surface area (Å²) in [5.41, 5.74) is 1.82. The number of aromatic nitrogens is 3. The van der Waals surface area contributed by atoms with Crippen LogP contribution in [0.15, 0.2) is 35.4 Å². The number of hydrogen-bond acceptors (Lipinski definition) is 7. The lowest BCUT2D eigenvalue weighted by Gasteiger charge is -2.30. The van der Waals surface area contributed by atoms with E-state index in [1.165, 1.54) is 22.2 Å². The first-order chi connectivity index (χ1) is 14.9. The molecule has 0 bridgehead atoms. The van der Waals surface area contributed by atoms with E-state index >= 15 is 0 Å². The molecule has 0 spiro atoms. The highest BCUT2D eigenvalue weighted by Crippen LogP contribution is 2.29. The van der Waals surface area contributed by atoms with Gasteiger partial charge in [-0.05, 0) is 37.5 Å². The number of carbonyl (C=O) groups is 2. The zero-order valence-electron chi connectivity index (χ0n) is 17.4. The molecule has 1 aliphatic heterocycles. The van der Waals surface area contributed by atoms with Gasteiger partial charge in [0.1, 0.15) is 17.6 Å². The van der Waals surface area contributed by atoms with Gasteiger partial charge in [-0.2, -0.15) is 4.98 Å². The van der Waals surface area contributed by atoms with Crippen LogP contribution >= 0.6 is 11.3 Å². The van der Waals surface area contributed by atoms with Crippen molar-refractivity contribution < 1.29 is 9.59 Å². The summed E-state index contributed by atoms with van der Waals surface area (Å²) in [6, 6.07) is 7.48. The van der Waals surface area contributed by atoms with Gasteiger partial charge in [-0.15, -0.1) is 0 Å². The van der Waals surface area contributed by atoms with Crippen molar-refractivity contribution in [3.8, 4) is 0 Å². The van der Waals surface area contributed by atoms with Crippen molar-refractivity contribution in [2.75, 3.05) is 30.4 Å². The predicted molar refractivity (Wildman–Crippen MR) is 120 cm³/mol. The Labute approximate surface area is 183 Å². The number of piperidine rings is 1. The third-order valence-electron chi connectivity index (χ3n) is 5.37. The minimum atomic E-state index is -0.296. The van der Waals surface area contributed by atoms with E-state index in [-0.39, 0.29) is 29.8 Å². The second-order valence-corrected chi connectivity index (χ2v) is 8.60. The summed E-state index contributed by atoms with van der Waals surface area (Å²) in [5, 5.41) is 6.22. The largest absolute Gasteiger partial charge is 0.359 e. The molecular weight excluding hydrogens is 416 g/mol. The van der Waals surface area contributed by atoms with Gasteiger partial charge >= 0.3 is 0 Å². The Hall–Kier alpha value is -3.27. The van der Waals surface area contributed by atoms with Crippen LogP contribution < -0.4 is 21.1 Å². The molecule has 1 aliphatic rings. The molecular formula is C21H24N6O3S. The van der Waals surface area contributed by atoms with E-state index in [2.05, 4.69) is 25.5 Å². The van der Waals surface area contributed by atoms with Crippen molar-refractivity contribution in [1.82, 2.24) is 19.9 Å². The highest BCUT2D eigenvalue weighted by Gasteiger charge is 2.26. The minimum Gasteiger partial charge on any atom is -0.359 e. The van der Waals surface area contributed by atoms with Crippen LogP contribution in [0.25, 0.3) is 10.3 Å². The maximum Gasteiger partial charge on any atom is 0.273 e. The predicted octanol–water partition coefficient (Wildman–Crippen LogP) is 1.76. The lowest BCUT2D eigenvalue weighted by Crippen LogP contribution is -2.39. The van der Waals surface area contributed by atoms with Gasteiger partial charge in [0.25, 0.3) is 5.56 Å². The third kappa shape index (κ3) is 4.58. The fourth-order valence-corrected chi connectivity index (χ4v) is 4.72. The molecule has 0 saturated carbocycles. The van der Waals surface area contributed by atoms with Gasteiger partial charge in [0.05, 0.1) is 0 Å². The summed E-state index contributed by atoms with van der Waals surface area (Å²) in [5.74, 6) is -0.217. The van der Waals surface area contributed by atoms with Crippen molar-refractivity contribution >= 4 is 44.3 Å². The quantitative estimate of drug-likeness (QED) is 0.626. The van der Waals surface area contributed by atoms with Crippen LogP contribution in [0, 0.1) is 12.8 Å². The lowest BCUT2D eigenvalue weighted by atomic mass is 9.96. The molecule has 1 saturated heterocycles. The van der Waals surface area contributed by atoms with Crippen LogP contribution in [0.5, 0.6) is 0 Å². The highest BCUT2D eigenvalue weighted by molar-refractivity contribution is 7.22. The van der Waals surface area contributed by atoms with Crippen LogP contribution in [0.1, 0.15) is 18.4 Å². The van der Waals surface area contributed by atoms with Crippen molar-refractivity contribution in [2.45, 2.75) is 26.3 Å². The summed E-state index contributed by atoms with van der Waals surface area (Å²) in [4.78, 5) is 48.0. The van der Waals surface area contributed by atoms with E-state index in [4.69, 9.17) is 0 Å². The number of benzene rings is 1. The van der Waals surface area contributed by atoms with Crippen LogP contribution in [0.2, 0.25) is 0 Å². The van der Waals surface area contributed by atoms with Crippen LogP contribution in [0.4, 0.5) is 10.8 Å². The first-order valence-electron chi connectivity index (χ1n) is 10.1. The second kappa shape index (κ2) is 8.84. The van der Waals surface area contributed by atoms with E-state index in [9.17, 15) is 14.4 Å². The van der Waals surface area contributed by atoms with Crippen LogP contribution in [-0.2, 0) is 16.1 Å². The monoisotopic (exact) mass is 440 g/mol. The summed E-state index contributed by atoms with van der Waals surface area (Å²) in [6.07, 6.45) is 2.85. The number of fused-ring (bicyclic) bond motifs is 1. The molecule has 2 amide bonds. The Morgan fingerprint density at radius 1 is 1.26 bits per heavy atom. The van der Waals surface area contributed by atoms with E-state index in [0.717, 1.165) is 23.5 Å². The molecule has 0 atom stereocenters. The number of nitrogens with zero attached hydrogens (tertiary/aromatic N) is 4. The SMILES string of the molecule is CNC(=O)C1CCN(c2nc3ncn(CC(=O)Nc4cccc(C)c4)c(=O)c3s2)CC1. The average molecular weight is 441 g/mol. The van der Waals surface area contributed by atoms with Crippen molar-refractivity contribution in [3.05, 3.63) is 46.5 Å². The maximum atomic E-state index is 12.9. The van der Waals surface area contributed by atoms with Gasteiger partial charge < -0.3 is 15.5 Å². The van der Waals surface area contributed by atoms with E-state index in [0.29, 0.717) is 29.1 Å². The summed E-state index contributed by atoms with van der Waals surface area (Å²) < 4.78 is 1.72. The molecule has 3 aromatic rings. The Morgan fingerprint density at radius 3 is 2.74 bits per heavy atom. The summed E-state index contributed by atoms with van der Waals surface area (Å²) in [6.45, 7) is 3.22. The lowest BCUT2D eigenvalue weighted by molar-refractivity contribution is -0.125. The number of nitrogens with one attached hydrogen (secondary N) is 2. The Kier molecular flexibility index (Phi) is 5.99.